The number of methoxy groups -OCH3 is 1. The van der Waals surface area contributed by atoms with Crippen molar-refractivity contribution in [2.45, 2.75) is 31.8 Å². The maximum atomic E-state index is 13.1. The van der Waals surface area contributed by atoms with Crippen LogP contribution in [0.1, 0.15) is 37.0 Å². The molecule has 3 aromatic rings. The molecule has 3 aromatic carbocycles. The lowest BCUT2D eigenvalue weighted by Gasteiger charge is -2.37. The number of nitrogens with one attached hydrogen (secondary N) is 2. The summed E-state index contributed by atoms with van der Waals surface area (Å²) in [5, 5.41) is 6.41. The number of esters is 1. The van der Waals surface area contributed by atoms with Gasteiger partial charge in [0.2, 0.25) is 5.91 Å². The number of ether oxygens (including phenoxy) is 1. The second-order valence-corrected chi connectivity index (χ2v) is 8.16. The van der Waals surface area contributed by atoms with E-state index in [0.717, 1.165) is 23.1 Å². The van der Waals surface area contributed by atoms with Crippen molar-refractivity contribution < 1.29 is 14.3 Å². The van der Waals surface area contributed by atoms with Crippen LogP contribution in [0.2, 0.25) is 0 Å². The minimum absolute atomic E-state index is 0.0165. The lowest BCUT2D eigenvalue weighted by molar-refractivity contribution is -0.146. The van der Waals surface area contributed by atoms with Crippen molar-refractivity contribution >= 4 is 11.9 Å². The Morgan fingerprint density at radius 2 is 1.24 bits per heavy atom. The van der Waals surface area contributed by atoms with Crippen molar-refractivity contribution in [3.05, 3.63) is 108 Å². The first-order chi connectivity index (χ1) is 16.0. The highest BCUT2D eigenvalue weighted by Gasteiger charge is 2.36. The van der Waals surface area contributed by atoms with E-state index >= 15 is 0 Å². The summed E-state index contributed by atoms with van der Waals surface area (Å²) in [6.45, 7) is 3.93. The topological polar surface area (TPSA) is 67.4 Å². The van der Waals surface area contributed by atoms with Crippen LogP contribution in [-0.4, -0.2) is 31.6 Å². The zero-order valence-electron chi connectivity index (χ0n) is 19.5. The summed E-state index contributed by atoms with van der Waals surface area (Å²) in [5.41, 5.74) is 2.29. The summed E-state index contributed by atoms with van der Waals surface area (Å²) in [6, 6.07) is 29.5. The fraction of sp³-hybridized carbons (Fsp3) is 0.286. The molecule has 0 aromatic heterocycles. The Bertz CT molecular complexity index is 926. The van der Waals surface area contributed by atoms with Gasteiger partial charge in [-0.05, 0) is 22.6 Å². The minimum atomic E-state index is -0.752. The lowest BCUT2D eigenvalue weighted by atomic mass is 9.77. The van der Waals surface area contributed by atoms with Crippen molar-refractivity contribution in [3.8, 4) is 0 Å². The Morgan fingerprint density at radius 1 is 0.818 bits per heavy atom. The molecular formula is C28H32N2O3. The Hall–Kier alpha value is -3.44. The fourth-order valence-electron chi connectivity index (χ4n) is 4.10. The van der Waals surface area contributed by atoms with Crippen molar-refractivity contribution in [1.29, 1.82) is 0 Å². The van der Waals surface area contributed by atoms with E-state index in [2.05, 4.69) is 47.0 Å². The van der Waals surface area contributed by atoms with E-state index in [1.54, 1.807) is 0 Å². The molecular weight excluding hydrogens is 412 g/mol. The van der Waals surface area contributed by atoms with Gasteiger partial charge in [-0.2, -0.15) is 0 Å². The van der Waals surface area contributed by atoms with E-state index in [9.17, 15) is 9.59 Å². The predicted octanol–water partition coefficient (Wildman–Crippen LogP) is 4.27. The van der Waals surface area contributed by atoms with Gasteiger partial charge in [0.15, 0.2) is 0 Å². The summed E-state index contributed by atoms with van der Waals surface area (Å²) in [4.78, 5) is 25.3. The molecule has 0 aliphatic heterocycles. The molecule has 5 nitrogen and oxygen atoms in total. The third-order valence-electron chi connectivity index (χ3n) is 6.12. The molecule has 0 saturated heterocycles. The van der Waals surface area contributed by atoms with Crippen molar-refractivity contribution in [1.82, 2.24) is 10.6 Å². The molecule has 0 heterocycles. The summed E-state index contributed by atoms with van der Waals surface area (Å²) in [6.07, 6.45) is 0.745. The zero-order chi connectivity index (χ0) is 23.7. The second-order valence-electron chi connectivity index (χ2n) is 8.16. The van der Waals surface area contributed by atoms with E-state index in [0.29, 0.717) is 0 Å². The van der Waals surface area contributed by atoms with Gasteiger partial charge >= 0.3 is 5.97 Å². The lowest BCUT2D eigenvalue weighted by Crippen LogP contribution is -2.52. The van der Waals surface area contributed by atoms with E-state index in [1.807, 2.05) is 68.4 Å². The normalized spacial score (nSPS) is 13.1. The quantitative estimate of drug-likeness (QED) is 0.362. The van der Waals surface area contributed by atoms with Gasteiger partial charge in [0.05, 0.1) is 19.2 Å². The van der Waals surface area contributed by atoms with Crippen LogP contribution >= 0.6 is 0 Å². The number of carbonyl (C=O) groups is 2. The second kappa shape index (κ2) is 11.4. The van der Waals surface area contributed by atoms with Gasteiger partial charge in [0.25, 0.3) is 0 Å². The van der Waals surface area contributed by atoms with Gasteiger partial charge in [-0.1, -0.05) is 111 Å². The molecule has 172 valence electrons. The molecule has 3 rings (SSSR count). The average Bonchev–Trinajstić information content (AvgIpc) is 2.88. The first kappa shape index (κ1) is 24.2. The molecule has 1 amide bonds. The van der Waals surface area contributed by atoms with Crippen LogP contribution in [0, 0.1) is 5.92 Å². The fourth-order valence-corrected chi connectivity index (χ4v) is 4.10. The highest BCUT2D eigenvalue weighted by molar-refractivity contribution is 5.85. The average molecular weight is 445 g/mol. The smallest absolute Gasteiger partial charge is 0.328 e. The minimum Gasteiger partial charge on any atom is -0.467 e. The number of hydrogen-bond acceptors (Lipinski definition) is 4. The standard InChI is InChI=1S/C28H32N2O3/c1-4-21(2)26(27(32)33-3)30-25(31)20-29-28(22-14-8-5-9-15-22,23-16-10-6-11-17-23)24-18-12-7-13-19-24/h5-19,21,26,29H,4,20H2,1-3H3,(H,30,31)/t21?,26-/m0/s1. The molecule has 0 fully saturated rings. The SMILES string of the molecule is CCC(C)[C@H](NC(=O)CNC(c1ccccc1)(c1ccccc1)c1ccccc1)C(=O)OC. The van der Waals surface area contributed by atoms with Crippen molar-refractivity contribution in [2.24, 2.45) is 5.92 Å². The van der Waals surface area contributed by atoms with Gasteiger partial charge < -0.3 is 10.1 Å². The molecule has 5 heteroatoms. The van der Waals surface area contributed by atoms with Gasteiger partial charge in [-0.3, -0.25) is 10.1 Å². The molecule has 1 unspecified atom stereocenters. The van der Waals surface area contributed by atoms with Crippen LogP contribution in [0.15, 0.2) is 91.0 Å². The number of carbonyl (C=O) groups excluding carboxylic acids is 2. The Kier molecular flexibility index (Phi) is 8.39. The van der Waals surface area contributed by atoms with Gasteiger partial charge in [0, 0.05) is 0 Å². The maximum Gasteiger partial charge on any atom is 0.328 e. The monoisotopic (exact) mass is 444 g/mol. The van der Waals surface area contributed by atoms with E-state index in [1.165, 1.54) is 7.11 Å². The summed E-state index contributed by atoms with van der Waals surface area (Å²) in [7, 11) is 1.34. The highest BCUT2D eigenvalue weighted by Crippen LogP contribution is 2.36. The summed E-state index contributed by atoms with van der Waals surface area (Å²) >= 11 is 0. The Morgan fingerprint density at radius 3 is 1.61 bits per heavy atom. The van der Waals surface area contributed by atoms with E-state index < -0.39 is 17.6 Å². The molecule has 2 N–H and O–H groups in total. The summed E-state index contributed by atoms with van der Waals surface area (Å²) in [5.74, 6) is -0.737. The van der Waals surface area contributed by atoms with Gasteiger partial charge in [0.1, 0.15) is 6.04 Å². The molecule has 0 aliphatic rings. The number of hydrogen-bond donors (Lipinski definition) is 2. The zero-order valence-corrected chi connectivity index (χ0v) is 19.5. The summed E-state index contributed by atoms with van der Waals surface area (Å²) < 4.78 is 4.92. The largest absolute Gasteiger partial charge is 0.467 e. The molecule has 0 bridgehead atoms. The molecule has 0 radical (unpaired) electrons. The van der Waals surface area contributed by atoms with Crippen molar-refractivity contribution in [2.75, 3.05) is 13.7 Å². The first-order valence-corrected chi connectivity index (χ1v) is 11.3. The van der Waals surface area contributed by atoms with Crippen LogP contribution in [0.4, 0.5) is 0 Å². The predicted molar refractivity (Wildman–Crippen MR) is 131 cm³/mol. The van der Waals surface area contributed by atoms with Crippen LogP contribution in [-0.2, 0) is 19.9 Å². The van der Waals surface area contributed by atoms with Gasteiger partial charge in [-0.15, -0.1) is 0 Å². The number of benzene rings is 3. The van der Waals surface area contributed by atoms with E-state index in [4.69, 9.17) is 4.74 Å². The third kappa shape index (κ3) is 5.49. The Labute approximate surface area is 196 Å². The van der Waals surface area contributed by atoms with Crippen LogP contribution < -0.4 is 10.6 Å². The molecule has 0 spiro atoms. The number of amides is 1. The van der Waals surface area contributed by atoms with E-state index in [-0.39, 0.29) is 18.4 Å². The highest BCUT2D eigenvalue weighted by atomic mass is 16.5. The molecule has 33 heavy (non-hydrogen) atoms. The van der Waals surface area contributed by atoms with Crippen LogP contribution in [0.3, 0.4) is 0 Å². The molecule has 0 saturated carbocycles. The van der Waals surface area contributed by atoms with Crippen LogP contribution in [0.25, 0.3) is 0 Å². The van der Waals surface area contributed by atoms with Crippen LogP contribution in [0.5, 0.6) is 0 Å². The molecule has 2 atom stereocenters. The number of rotatable bonds is 10. The Balaban J connectivity index is 1.99. The molecule has 0 aliphatic carbocycles. The van der Waals surface area contributed by atoms with Gasteiger partial charge in [-0.25, -0.2) is 4.79 Å². The van der Waals surface area contributed by atoms with Crippen molar-refractivity contribution in [3.63, 3.8) is 0 Å². The first-order valence-electron chi connectivity index (χ1n) is 11.3. The third-order valence-corrected chi connectivity index (χ3v) is 6.12. The maximum absolute atomic E-state index is 13.1.